The van der Waals surface area contributed by atoms with Gasteiger partial charge in [-0.05, 0) is 25.3 Å². The van der Waals surface area contributed by atoms with E-state index >= 15 is 0 Å². The number of nitrogens with one attached hydrogen (secondary N) is 1. The third-order valence-electron chi connectivity index (χ3n) is 2.01. The summed E-state index contributed by atoms with van der Waals surface area (Å²) in [6.45, 7) is 3.07. The second-order valence-corrected chi connectivity index (χ2v) is 3.04. The maximum atomic E-state index is 10.7. The van der Waals surface area contributed by atoms with Crippen molar-refractivity contribution in [2.75, 3.05) is 6.54 Å². The van der Waals surface area contributed by atoms with E-state index in [1.54, 1.807) is 0 Å². The molecule has 1 aliphatic rings. The molecule has 1 amide bonds. The van der Waals surface area contributed by atoms with Crippen molar-refractivity contribution < 1.29 is 4.79 Å². The summed E-state index contributed by atoms with van der Waals surface area (Å²) < 4.78 is 0. The molecule has 0 saturated carbocycles. The Bertz CT molecular complexity index is 136. The van der Waals surface area contributed by atoms with Crippen LogP contribution in [-0.2, 0) is 4.79 Å². The van der Waals surface area contributed by atoms with E-state index in [-0.39, 0.29) is 11.9 Å². The number of nitrogens with two attached hydrogens (primary N) is 1. The lowest BCUT2D eigenvalue weighted by atomic mass is 9.94. The number of piperidine rings is 1. The van der Waals surface area contributed by atoms with Crippen LogP contribution < -0.4 is 11.1 Å². The summed E-state index contributed by atoms with van der Waals surface area (Å²) in [5.74, 6) is 0.422. The average Bonchev–Trinajstić information content (AvgIpc) is 1.88. The summed E-state index contributed by atoms with van der Waals surface area (Å²) in [4.78, 5) is 10.7. The van der Waals surface area contributed by atoms with E-state index in [0.29, 0.717) is 5.92 Å². The lowest BCUT2D eigenvalue weighted by molar-refractivity contribution is -0.120. The summed E-state index contributed by atoms with van der Waals surface area (Å²) in [5.41, 5.74) is 5.13. The number of carbonyl (C=O) groups is 1. The van der Waals surface area contributed by atoms with E-state index in [1.165, 1.54) is 0 Å². The molecule has 0 radical (unpaired) electrons. The average molecular weight is 142 g/mol. The van der Waals surface area contributed by atoms with Gasteiger partial charge in [0.15, 0.2) is 0 Å². The molecule has 0 spiro atoms. The second-order valence-electron chi connectivity index (χ2n) is 3.04. The van der Waals surface area contributed by atoms with Gasteiger partial charge in [-0.3, -0.25) is 4.79 Å². The standard InChI is InChI=1S/C7H14N2O/c1-5-2-3-9-6(4-5)7(8)10/h5-6,9H,2-4H2,1H3,(H2,8,10)/t5-,6+/m0/s1. The maximum absolute atomic E-state index is 10.7. The van der Waals surface area contributed by atoms with Crippen LogP contribution in [-0.4, -0.2) is 18.5 Å². The van der Waals surface area contributed by atoms with Gasteiger partial charge in [-0.25, -0.2) is 0 Å². The molecule has 0 aromatic carbocycles. The minimum absolute atomic E-state index is 0.0799. The van der Waals surface area contributed by atoms with Gasteiger partial charge in [0.1, 0.15) is 0 Å². The molecule has 1 saturated heterocycles. The first-order chi connectivity index (χ1) is 4.70. The van der Waals surface area contributed by atoms with E-state index in [1.807, 2.05) is 0 Å². The van der Waals surface area contributed by atoms with Gasteiger partial charge in [0.2, 0.25) is 5.91 Å². The summed E-state index contributed by atoms with van der Waals surface area (Å²) in [5, 5.41) is 3.07. The molecule has 3 heteroatoms. The van der Waals surface area contributed by atoms with Crippen molar-refractivity contribution in [3.8, 4) is 0 Å². The molecule has 10 heavy (non-hydrogen) atoms. The smallest absolute Gasteiger partial charge is 0.234 e. The first kappa shape index (κ1) is 7.54. The molecule has 3 nitrogen and oxygen atoms in total. The fraction of sp³-hybridized carbons (Fsp3) is 0.857. The van der Waals surface area contributed by atoms with Crippen LogP contribution in [0.4, 0.5) is 0 Å². The molecule has 1 fully saturated rings. The zero-order valence-electron chi connectivity index (χ0n) is 6.26. The van der Waals surface area contributed by atoms with E-state index in [2.05, 4.69) is 12.2 Å². The predicted octanol–water partition coefficient (Wildman–Crippen LogP) is -0.140. The van der Waals surface area contributed by atoms with Crippen molar-refractivity contribution in [1.82, 2.24) is 5.32 Å². The summed E-state index contributed by atoms with van der Waals surface area (Å²) in [7, 11) is 0. The van der Waals surface area contributed by atoms with E-state index < -0.39 is 0 Å². The van der Waals surface area contributed by atoms with E-state index in [4.69, 9.17) is 5.73 Å². The third-order valence-corrected chi connectivity index (χ3v) is 2.01. The van der Waals surface area contributed by atoms with Crippen LogP contribution in [0.5, 0.6) is 0 Å². The highest BCUT2D eigenvalue weighted by Crippen LogP contribution is 2.14. The first-order valence-corrected chi connectivity index (χ1v) is 3.73. The Labute approximate surface area is 61.0 Å². The largest absolute Gasteiger partial charge is 0.368 e. The number of amides is 1. The van der Waals surface area contributed by atoms with Gasteiger partial charge in [-0.1, -0.05) is 6.92 Å². The molecule has 2 atom stereocenters. The van der Waals surface area contributed by atoms with Crippen molar-refractivity contribution in [3.63, 3.8) is 0 Å². The molecule has 0 aromatic rings. The van der Waals surface area contributed by atoms with Crippen molar-refractivity contribution in [3.05, 3.63) is 0 Å². The van der Waals surface area contributed by atoms with Crippen LogP contribution in [0.15, 0.2) is 0 Å². The maximum Gasteiger partial charge on any atom is 0.234 e. The highest BCUT2D eigenvalue weighted by atomic mass is 16.1. The molecule has 1 rings (SSSR count). The molecule has 0 aliphatic carbocycles. The first-order valence-electron chi connectivity index (χ1n) is 3.73. The number of rotatable bonds is 1. The zero-order chi connectivity index (χ0) is 7.56. The van der Waals surface area contributed by atoms with Crippen LogP contribution >= 0.6 is 0 Å². The fourth-order valence-electron chi connectivity index (χ4n) is 1.32. The summed E-state index contributed by atoms with van der Waals surface area (Å²) in [6.07, 6.45) is 2.05. The number of hydrogen-bond donors (Lipinski definition) is 2. The Hall–Kier alpha value is -0.570. The van der Waals surface area contributed by atoms with E-state index in [0.717, 1.165) is 19.4 Å². The summed E-state index contributed by atoms with van der Waals surface area (Å²) >= 11 is 0. The molecular weight excluding hydrogens is 128 g/mol. The Balaban J connectivity index is 2.39. The van der Waals surface area contributed by atoms with Gasteiger partial charge in [0.25, 0.3) is 0 Å². The Morgan fingerprint density at radius 2 is 2.40 bits per heavy atom. The van der Waals surface area contributed by atoms with Gasteiger partial charge < -0.3 is 11.1 Å². The minimum atomic E-state index is -0.216. The molecule has 58 valence electrons. The highest BCUT2D eigenvalue weighted by Gasteiger charge is 2.21. The van der Waals surface area contributed by atoms with Crippen LogP contribution in [0.3, 0.4) is 0 Å². The minimum Gasteiger partial charge on any atom is -0.368 e. The van der Waals surface area contributed by atoms with Gasteiger partial charge in [0.05, 0.1) is 6.04 Å². The second kappa shape index (κ2) is 3.01. The van der Waals surface area contributed by atoms with Crippen LogP contribution in [0.1, 0.15) is 19.8 Å². The van der Waals surface area contributed by atoms with Crippen molar-refractivity contribution in [2.45, 2.75) is 25.8 Å². The third kappa shape index (κ3) is 1.70. The van der Waals surface area contributed by atoms with Gasteiger partial charge in [-0.15, -0.1) is 0 Å². The number of primary amides is 1. The van der Waals surface area contributed by atoms with Crippen LogP contribution in [0.25, 0.3) is 0 Å². The van der Waals surface area contributed by atoms with Crippen molar-refractivity contribution in [1.29, 1.82) is 0 Å². The molecule has 1 aliphatic heterocycles. The molecule has 0 unspecified atom stereocenters. The topological polar surface area (TPSA) is 55.1 Å². The highest BCUT2D eigenvalue weighted by molar-refractivity contribution is 5.79. The molecular formula is C7H14N2O. The van der Waals surface area contributed by atoms with Gasteiger partial charge in [0, 0.05) is 0 Å². The Kier molecular flexibility index (Phi) is 2.27. The SMILES string of the molecule is C[C@H]1CCN[C@@H](C(N)=O)C1. The number of carbonyl (C=O) groups excluding carboxylic acids is 1. The van der Waals surface area contributed by atoms with E-state index in [9.17, 15) is 4.79 Å². The Morgan fingerprint density at radius 1 is 1.70 bits per heavy atom. The molecule has 0 bridgehead atoms. The quantitative estimate of drug-likeness (QED) is 0.535. The van der Waals surface area contributed by atoms with Gasteiger partial charge >= 0.3 is 0 Å². The normalized spacial score (nSPS) is 33.7. The molecule has 0 aromatic heterocycles. The fourth-order valence-corrected chi connectivity index (χ4v) is 1.32. The lowest BCUT2D eigenvalue weighted by Crippen LogP contribution is -2.46. The van der Waals surface area contributed by atoms with Crippen LogP contribution in [0.2, 0.25) is 0 Å². The van der Waals surface area contributed by atoms with Crippen molar-refractivity contribution in [2.24, 2.45) is 11.7 Å². The van der Waals surface area contributed by atoms with Crippen LogP contribution in [0, 0.1) is 5.92 Å². The van der Waals surface area contributed by atoms with Gasteiger partial charge in [-0.2, -0.15) is 0 Å². The number of hydrogen-bond acceptors (Lipinski definition) is 2. The zero-order valence-corrected chi connectivity index (χ0v) is 6.26. The monoisotopic (exact) mass is 142 g/mol. The predicted molar refractivity (Wildman–Crippen MR) is 39.4 cm³/mol. The molecule has 1 heterocycles. The lowest BCUT2D eigenvalue weighted by Gasteiger charge is -2.25. The molecule has 3 N–H and O–H groups in total. The summed E-state index contributed by atoms with van der Waals surface area (Å²) in [6, 6.07) is -0.0799. The Morgan fingerprint density at radius 3 is 2.80 bits per heavy atom. The van der Waals surface area contributed by atoms with Crippen molar-refractivity contribution >= 4 is 5.91 Å².